The molecule has 0 saturated carbocycles. The molecule has 0 amide bonds. The van der Waals surface area contributed by atoms with Crippen molar-refractivity contribution in [2.45, 2.75) is 0 Å². The highest BCUT2D eigenvalue weighted by atomic mass is 16.6. The molecule has 0 aliphatic heterocycles. The number of carbonyl (C=O) groups excluding carboxylic acids is 1. The molecule has 0 unspecified atom stereocenters. The molecule has 164 valence electrons. The van der Waals surface area contributed by atoms with E-state index >= 15 is 0 Å². The van der Waals surface area contributed by atoms with Gasteiger partial charge in [0.25, 0.3) is 5.69 Å². The lowest BCUT2D eigenvalue weighted by Gasteiger charge is -2.07. The number of nitro benzene ring substituents is 2. The minimum Gasteiger partial charge on any atom is -0.504 e. The number of hydrogen-bond donors (Lipinski definition) is 3. The third-order valence-corrected chi connectivity index (χ3v) is 4.19. The number of aromatic hydroxyl groups is 2. The van der Waals surface area contributed by atoms with Crippen LogP contribution in [0.3, 0.4) is 0 Å². The molecule has 3 aromatic rings. The summed E-state index contributed by atoms with van der Waals surface area (Å²) in [6, 6.07) is 5.14. The van der Waals surface area contributed by atoms with Gasteiger partial charge in [-0.3, -0.25) is 25.7 Å². The maximum Gasteiger partial charge on any atom is 0.374 e. The summed E-state index contributed by atoms with van der Waals surface area (Å²) in [5.74, 6) is -2.98. The second-order valence-electron chi connectivity index (χ2n) is 6.10. The zero-order valence-corrected chi connectivity index (χ0v) is 16.0. The van der Waals surface area contributed by atoms with Crippen molar-refractivity contribution in [3.63, 3.8) is 0 Å². The minimum absolute atomic E-state index is 0.0136. The number of nitrogens with one attached hydrogen (secondary N) is 1. The van der Waals surface area contributed by atoms with Crippen LogP contribution in [-0.4, -0.2) is 39.4 Å². The molecule has 1 heterocycles. The Bertz CT molecular complexity index is 1360. The van der Waals surface area contributed by atoms with Gasteiger partial charge in [-0.25, -0.2) is 9.59 Å². The highest BCUT2D eigenvalue weighted by Crippen LogP contribution is 2.35. The van der Waals surface area contributed by atoms with Crippen LogP contribution in [0.1, 0.15) is 16.1 Å². The SMILES string of the molecule is COC(=O)c1cc2cc(/C=N/Nc3ccc([N+](=O)[O-])cc3[N+](=O)[O-])c(O)c(O)c2c(=O)o1. The monoisotopic (exact) mass is 444 g/mol. The van der Waals surface area contributed by atoms with Crippen LogP contribution in [0.5, 0.6) is 11.5 Å². The summed E-state index contributed by atoms with van der Waals surface area (Å²) < 4.78 is 9.24. The summed E-state index contributed by atoms with van der Waals surface area (Å²) in [5.41, 5.74) is -0.222. The Labute approximate surface area is 176 Å². The predicted octanol–water partition coefficient (Wildman–Crippen LogP) is 2.25. The first-order chi connectivity index (χ1) is 15.1. The van der Waals surface area contributed by atoms with Crippen LogP contribution in [0.15, 0.2) is 44.6 Å². The van der Waals surface area contributed by atoms with Gasteiger partial charge in [-0.1, -0.05) is 0 Å². The Morgan fingerprint density at radius 1 is 1.16 bits per heavy atom. The molecule has 0 bridgehead atoms. The van der Waals surface area contributed by atoms with E-state index in [1.807, 2.05) is 0 Å². The fourth-order valence-corrected chi connectivity index (χ4v) is 2.70. The number of rotatable bonds is 6. The van der Waals surface area contributed by atoms with E-state index in [2.05, 4.69) is 15.3 Å². The summed E-state index contributed by atoms with van der Waals surface area (Å²) in [4.78, 5) is 44.0. The van der Waals surface area contributed by atoms with Crippen molar-refractivity contribution < 1.29 is 34.0 Å². The quantitative estimate of drug-likeness (QED) is 0.165. The third-order valence-electron chi connectivity index (χ3n) is 4.19. The van der Waals surface area contributed by atoms with Crippen LogP contribution in [0, 0.1) is 20.2 Å². The predicted molar refractivity (Wildman–Crippen MR) is 108 cm³/mol. The van der Waals surface area contributed by atoms with Crippen molar-refractivity contribution in [2.24, 2.45) is 5.10 Å². The molecule has 3 rings (SSSR count). The Morgan fingerprint density at radius 3 is 2.50 bits per heavy atom. The van der Waals surface area contributed by atoms with Crippen molar-refractivity contribution in [1.29, 1.82) is 0 Å². The third kappa shape index (κ3) is 4.00. The molecule has 0 fully saturated rings. The number of hydrazone groups is 1. The second kappa shape index (κ2) is 8.39. The molecule has 3 N–H and O–H groups in total. The van der Waals surface area contributed by atoms with Crippen molar-refractivity contribution in [1.82, 2.24) is 0 Å². The van der Waals surface area contributed by atoms with Crippen LogP contribution in [0.2, 0.25) is 0 Å². The van der Waals surface area contributed by atoms with Gasteiger partial charge in [0.1, 0.15) is 11.1 Å². The highest BCUT2D eigenvalue weighted by Gasteiger charge is 2.20. The molecule has 1 aromatic heterocycles. The second-order valence-corrected chi connectivity index (χ2v) is 6.10. The maximum absolute atomic E-state index is 12.1. The first-order valence-electron chi connectivity index (χ1n) is 8.47. The van der Waals surface area contributed by atoms with Gasteiger partial charge in [0.15, 0.2) is 11.5 Å². The van der Waals surface area contributed by atoms with Crippen molar-refractivity contribution in [3.8, 4) is 11.5 Å². The molecule has 0 spiro atoms. The van der Waals surface area contributed by atoms with Crippen molar-refractivity contribution in [3.05, 3.63) is 72.3 Å². The van der Waals surface area contributed by atoms with Gasteiger partial charge in [0.05, 0.1) is 29.2 Å². The smallest absolute Gasteiger partial charge is 0.374 e. The zero-order valence-electron chi connectivity index (χ0n) is 16.0. The average molecular weight is 444 g/mol. The van der Waals surface area contributed by atoms with Gasteiger partial charge < -0.3 is 19.4 Å². The van der Waals surface area contributed by atoms with Crippen LogP contribution in [0.4, 0.5) is 17.1 Å². The molecule has 0 aliphatic carbocycles. The molecule has 14 heteroatoms. The Morgan fingerprint density at radius 2 is 1.88 bits per heavy atom. The topological polar surface area (TPSA) is 208 Å². The number of nitrogens with zero attached hydrogens (tertiary/aromatic N) is 3. The Balaban J connectivity index is 2.01. The highest BCUT2D eigenvalue weighted by molar-refractivity contribution is 6.00. The Hall–Kier alpha value is -5.01. The summed E-state index contributed by atoms with van der Waals surface area (Å²) in [5, 5.41) is 45.6. The normalized spacial score (nSPS) is 10.9. The number of hydrogen-bond acceptors (Lipinski definition) is 12. The molecular formula is C18H12N4O10. The number of fused-ring (bicyclic) bond motifs is 1. The van der Waals surface area contributed by atoms with Crippen molar-refractivity contribution in [2.75, 3.05) is 12.5 Å². The fraction of sp³-hybridized carbons (Fsp3) is 0.0556. The lowest BCUT2D eigenvalue weighted by molar-refractivity contribution is -0.393. The molecule has 0 atom stereocenters. The standard InChI is InChI=1S/C18H12N4O10/c1-31-17(25)13-5-8-4-9(15(23)16(24)14(8)18(26)32-13)7-19-20-11-3-2-10(21(27)28)6-12(11)22(29)30/h2-7,20,23-24H,1H3/b19-7+. The molecule has 0 aliphatic rings. The van der Waals surface area contributed by atoms with Crippen LogP contribution in [-0.2, 0) is 4.74 Å². The van der Waals surface area contributed by atoms with E-state index in [4.69, 9.17) is 4.42 Å². The number of ether oxygens (including phenoxy) is 1. The number of nitro groups is 2. The van der Waals surface area contributed by atoms with Gasteiger partial charge >= 0.3 is 17.3 Å². The van der Waals surface area contributed by atoms with Crippen LogP contribution in [0.25, 0.3) is 10.8 Å². The zero-order chi connectivity index (χ0) is 23.6. The first-order valence-corrected chi connectivity index (χ1v) is 8.47. The van der Waals surface area contributed by atoms with Crippen LogP contribution < -0.4 is 11.1 Å². The minimum atomic E-state index is -1.10. The van der Waals surface area contributed by atoms with E-state index < -0.39 is 55.5 Å². The van der Waals surface area contributed by atoms with E-state index in [-0.39, 0.29) is 16.6 Å². The number of phenols is 2. The molecule has 32 heavy (non-hydrogen) atoms. The molecular weight excluding hydrogens is 432 g/mol. The number of carbonyl (C=O) groups is 1. The summed E-state index contributed by atoms with van der Waals surface area (Å²) >= 11 is 0. The number of non-ortho nitro benzene ring substituents is 1. The largest absolute Gasteiger partial charge is 0.504 e. The van der Waals surface area contributed by atoms with E-state index in [1.165, 1.54) is 6.07 Å². The van der Waals surface area contributed by atoms with Crippen LogP contribution >= 0.6 is 0 Å². The Kier molecular flexibility index (Phi) is 5.69. The van der Waals surface area contributed by atoms with Gasteiger partial charge in [0, 0.05) is 11.6 Å². The lowest BCUT2D eigenvalue weighted by Crippen LogP contribution is -2.09. The number of esters is 1. The molecule has 0 saturated heterocycles. The van der Waals surface area contributed by atoms with Gasteiger partial charge in [-0.05, 0) is 23.6 Å². The molecule has 14 nitrogen and oxygen atoms in total. The van der Waals surface area contributed by atoms with Crippen molar-refractivity contribution >= 4 is 40.0 Å². The number of anilines is 1. The lowest BCUT2D eigenvalue weighted by atomic mass is 10.1. The van der Waals surface area contributed by atoms with E-state index in [9.17, 15) is 40.0 Å². The van der Waals surface area contributed by atoms with E-state index in [0.29, 0.717) is 0 Å². The number of methoxy groups -OCH3 is 1. The molecule has 0 radical (unpaired) electrons. The number of phenolic OH excluding ortho intramolecular Hbond substituents is 2. The fourth-order valence-electron chi connectivity index (χ4n) is 2.70. The molecule has 2 aromatic carbocycles. The summed E-state index contributed by atoms with van der Waals surface area (Å²) in [6.45, 7) is 0. The summed E-state index contributed by atoms with van der Waals surface area (Å²) in [7, 11) is 1.07. The maximum atomic E-state index is 12.1. The number of benzene rings is 2. The van der Waals surface area contributed by atoms with Gasteiger partial charge in [-0.2, -0.15) is 5.10 Å². The summed E-state index contributed by atoms with van der Waals surface area (Å²) in [6.07, 6.45) is 0.964. The van der Waals surface area contributed by atoms with E-state index in [0.717, 1.165) is 37.6 Å². The van der Waals surface area contributed by atoms with E-state index in [1.54, 1.807) is 0 Å². The average Bonchev–Trinajstić information content (AvgIpc) is 2.75. The van der Waals surface area contributed by atoms with Gasteiger partial charge in [0.2, 0.25) is 5.76 Å². The van der Waals surface area contributed by atoms with Gasteiger partial charge in [-0.15, -0.1) is 0 Å². The first kappa shape index (κ1) is 21.7.